The van der Waals surface area contributed by atoms with Crippen LogP contribution in [0.3, 0.4) is 0 Å². The zero-order valence-electron chi connectivity index (χ0n) is 9.26. The van der Waals surface area contributed by atoms with Gasteiger partial charge in [-0.3, -0.25) is 0 Å². The molecule has 0 aliphatic carbocycles. The van der Waals surface area contributed by atoms with Crippen molar-refractivity contribution in [2.24, 2.45) is 7.05 Å². The lowest BCUT2D eigenvalue weighted by Gasteiger charge is -2.19. The van der Waals surface area contributed by atoms with Gasteiger partial charge in [0.1, 0.15) is 11.8 Å². The van der Waals surface area contributed by atoms with Gasteiger partial charge in [-0.15, -0.1) is 0 Å². The molecule has 0 amide bonds. The van der Waals surface area contributed by atoms with Crippen molar-refractivity contribution in [3.63, 3.8) is 0 Å². The molecule has 0 unspecified atom stereocenters. The Labute approximate surface area is 85.3 Å². The minimum Gasteiger partial charge on any atom is -0.342 e. The average Bonchev–Trinajstić information content (AvgIpc) is 2.42. The van der Waals surface area contributed by atoms with E-state index >= 15 is 0 Å². The lowest BCUT2D eigenvalue weighted by atomic mass is 10.1. The van der Waals surface area contributed by atoms with Gasteiger partial charge in [-0.05, 0) is 32.4 Å². The third-order valence-electron chi connectivity index (χ3n) is 2.00. The molecule has 0 fully saturated rings. The van der Waals surface area contributed by atoms with Crippen LogP contribution in [0, 0.1) is 11.3 Å². The van der Waals surface area contributed by atoms with Crippen LogP contribution < -0.4 is 5.32 Å². The van der Waals surface area contributed by atoms with Crippen LogP contribution in [0.1, 0.15) is 32.0 Å². The van der Waals surface area contributed by atoms with Crippen LogP contribution in [0.5, 0.6) is 0 Å². The second kappa shape index (κ2) is 3.85. The van der Waals surface area contributed by atoms with E-state index in [-0.39, 0.29) is 5.54 Å². The highest BCUT2D eigenvalue weighted by molar-refractivity contribution is 5.28. The van der Waals surface area contributed by atoms with Crippen LogP contribution in [-0.4, -0.2) is 10.1 Å². The molecule has 1 rings (SSSR count). The maximum atomic E-state index is 8.77. The van der Waals surface area contributed by atoms with E-state index in [1.54, 1.807) is 0 Å². The van der Waals surface area contributed by atoms with E-state index in [1.807, 2.05) is 23.9 Å². The fourth-order valence-electron chi connectivity index (χ4n) is 1.21. The van der Waals surface area contributed by atoms with E-state index in [2.05, 4.69) is 32.2 Å². The van der Waals surface area contributed by atoms with Crippen molar-refractivity contribution in [1.29, 1.82) is 5.26 Å². The fourth-order valence-corrected chi connectivity index (χ4v) is 1.21. The third-order valence-corrected chi connectivity index (χ3v) is 2.00. The highest BCUT2D eigenvalue weighted by Crippen LogP contribution is 2.08. The van der Waals surface area contributed by atoms with Crippen molar-refractivity contribution in [1.82, 2.24) is 9.88 Å². The number of hydrogen-bond donors (Lipinski definition) is 1. The maximum Gasteiger partial charge on any atom is 0.120 e. The van der Waals surface area contributed by atoms with E-state index in [4.69, 9.17) is 5.26 Å². The average molecular weight is 191 g/mol. The van der Waals surface area contributed by atoms with Gasteiger partial charge in [0.2, 0.25) is 0 Å². The van der Waals surface area contributed by atoms with E-state index in [0.29, 0.717) is 5.69 Å². The van der Waals surface area contributed by atoms with Crippen LogP contribution in [-0.2, 0) is 13.6 Å². The maximum absolute atomic E-state index is 8.77. The van der Waals surface area contributed by atoms with Gasteiger partial charge in [0.05, 0.1) is 0 Å². The standard InChI is InChI=1S/C11H17N3/c1-11(2,3)13-7-9-5-10(6-12)14(4)8-9/h5,8,13H,7H2,1-4H3. The molecule has 14 heavy (non-hydrogen) atoms. The Bertz CT molecular complexity index is 350. The summed E-state index contributed by atoms with van der Waals surface area (Å²) < 4.78 is 1.85. The van der Waals surface area contributed by atoms with Crippen molar-refractivity contribution < 1.29 is 0 Å². The quantitative estimate of drug-likeness (QED) is 0.774. The molecule has 1 heterocycles. The number of aromatic nitrogens is 1. The molecule has 0 atom stereocenters. The zero-order valence-corrected chi connectivity index (χ0v) is 9.26. The summed E-state index contributed by atoms with van der Waals surface area (Å²) in [4.78, 5) is 0. The van der Waals surface area contributed by atoms with Crippen molar-refractivity contribution >= 4 is 0 Å². The monoisotopic (exact) mass is 191 g/mol. The van der Waals surface area contributed by atoms with Crippen molar-refractivity contribution in [2.45, 2.75) is 32.9 Å². The minimum atomic E-state index is 0.114. The molecule has 76 valence electrons. The number of hydrogen-bond acceptors (Lipinski definition) is 2. The molecule has 0 saturated heterocycles. The Hall–Kier alpha value is -1.27. The SMILES string of the molecule is Cn1cc(CNC(C)(C)C)cc1C#N. The first-order valence-corrected chi connectivity index (χ1v) is 4.73. The van der Waals surface area contributed by atoms with E-state index in [1.165, 1.54) is 0 Å². The van der Waals surface area contributed by atoms with Crippen LogP contribution in [0.2, 0.25) is 0 Å². The minimum absolute atomic E-state index is 0.114. The van der Waals surface area contributed by atoms with Crippen LogP contribution >= 0.6 is 0 Å². The molecule has 0 aliphatic heterocycles. The molecule has 1 aromatic rings. The molecule has 0 aromatic carbocycles. The first-order chi connectivity index (χ1) is 6.42. The topological polar surface area (TPSA) is 40.8 Å². The first kappa shape index (κ1) is 10.8. The molecule has 0 spiro atoms. The molecular weight excluding hydrogens is 174 g/mol. The Balaban J connectivity index is 2.66. The Morgan fingerprint density at radius 1 is 1.50 bits per heavy atom. The molecule has 3 nitrogen and oxygen atoms in total. The molecule has 0 radical (unpaired) electrons. The first-order valence-electron chi connectivity index (χ1n) is 4.73. The van der Waals surface area contributed by atoms with Crippen LogP contribution in [0.4, 0.5) is 0 Å². The van der Waals surface area contributed by atoms with E-state index in [0.717, 1.165) is 12.1 Å². The third kappa shape index (κ3) is 2.90. The lowest BCUT2D eigenvalue weighted by Crippen LogP contribution is -2.34. The lowest BCUT2D eigenvalue weighted by molar-refractivity contribution is 0.424. The number of aryl methyl sites for hydroxylation is 1. The van der Waals surface area contributed by atoms with E-state index < -0.39 is 0 Å². The fraction of sp³-hybridized carbons (Fsp3) is 0.545. The summed E-state index contributed by atoms with van der Waals surface area (Å²) in [6.45, 7) is 7.18. The number of nitriles is 1. The second-order valence-corrected chi connectivity index (χ2v) is 4.56. The zero-order chi connectivity index (χ0) is 10.8. The summed E-state index contributed by atoms with van der Waals surface area (Å²) in [7, 11) is 1.89. The van der Waals surface area contributed by atoms with Gasteiger partial charge < -0.3 is 9.88 Å². The van der Waals surface area contributed by atoms with Crippen molar-refractivity contribution in [2.75, 3.05) is 0 Å². The predicted octanol–water partition coefficient (Wildman–Crippen LogP) is 1.78. The Morgan fingerprint density at radius 2 is 2.14 bits per heavy atom. The highest BCUT2D eigenvalue weighted by atomic mass is 15.0. The van der Waals surface area contributed by atoms with Gasteiger partial charge in [-0.2, -0.15) is 5.26 Å². The number of nitrogens with one attached hydrogen (secondary N) is 1. The smallest absolute Gasteiger partial charge is 0.120 e. The molecule has 0 aliphatic rings. The molecule has 0 bridgehead atoms. The molecule has 1 aromatic heterocycles. The van der Waals surface area contributed by atoms with E-state index in [9.17, 15) is 0 Å². The predicted molar refractivity (Wildman–Crippen MR) is 56.7 cm³/mol. The summed E-state index contributed by atoms with van der Waals surface area (Å²) in [6.07, 6.45) is 1.98. The van der Waals surface area contributed by atoms with Crippen molar-refractivity contribution in [3.8, 4) is 6.07 Å². The van der Waals surface area contributed by atoms with Crippen LogP contribution in [0.15, 0.2) is 12.3 Å². The largest absolute Gasteiger partial charge is 0.342 e. The summed E-state index contributed by atoms with van der Waals surface area (Å²) in [5.41, 5.74) is 1.97. The van der Waals surface area contributed by atoms with Gasteiger partial charge >= 0.3 is 0 Å². The second-order valence-electron chi connectivity index (χ2n) is 4.56. The molecule has 3 heteroatoms. The van der Waals surface area contributed by atoms with Crippen molar-refractivity contribution in [3.05, 3.63) is 23.5 Å². The summed E-state index contributed by atoms with van der Waals surface area (Å²) in [5.74, 6) is 0. The number of rotatable bonds is 2. The Kier molecular flexibility index (Phi) is 2.97. The highest BCUT2D eigenvalue weighted by Gasteiger charge is 2.09. The number of nitrogens with zero attached hydrogens (tertiary/aromatic N) is 2. The van der Waals surface area contributed by atoms with Crippen LogP contribution in [0.25, 0.3) is 0 Å². The van der Waals surface area contributed by atoms with Gasteiger partial charge in [0.15, 0.2) is 0 Å². The molecule has 0 saturated carbocycles. The van der Waals surface area contributed by atoms with Gasteiger partial charge in [0, 0.05) is 25.3 Å². The summed E-state index contributed by atoms with van der Waals surface area (Å²) in [5, 5.41) is 12.1. The van der Waals surface area contributed by atoms with Gasteiger partial charge in [-0.25, -0.2) is 0 Å². The Morgan fingerprint density at radius 3 is 2.57 bits per heavy atom. The molecular formula is C11H17N3. The summed E-state index contributed by atoms with van der Waals surface area (Å²) >= 11 is 0. The summed E-state index contributed by atoms with van der Waals surface area (Å²) in [6, 6.07) is 4.06. The van der Waals surface area contributed by atoms with Gasteiger partial charge in [-0.1, -0.05) is 0 Å². The normalized spacial score (nSPS) is 11.4. The van der Waals surface area contributed by atoms with Gasteiger partial charge in [0.25, 0.3) is 0 Å². The molecule has 1 N–H and O–H groups in total.